The van der Waals surface area contributed by atoms with Gasteiger partial charge in [0, 0.05) is 19.6 Å². The summed E-state index contributed by atoms with van der Waals surface area (Å²) in [5, 5.41) is 3.47. The Labute approximate surface area is 120 Å². The zero-order valence-corrected chi connectivity index (χ0v) is 12.0. The second kappa shape index (κ2) is 6.25. The van der Waals surface area contributed by atoms with E-state index in [0.29, 0.717) is 0 Å². The Morgan fingerprint density at radius 2 is 2.00 bits per heavy atom. The minimum atomic E-state index is 0.228. The minimum absolute atomic E-state index is 0.228. The van der Waals surface area contributed by atoms with E-state index in [0.717, 1.165) is 31.9 Å². The van der Waals surface area contributed by atoms with Crippen molar-refractivity contribution in [1.29, 1.82) is 0 Å². The summed E-state index contributed by atoms with van der Waals surface area (Å²) in [6, 6.07) is 12.9. The third-order valence-electron chi connectivity index (χ3n) is 4.04. The lowest BCUT2D eigenvalue weighted by molar-refractivity contribution is 0.215. The summed E-state index contributed by atoms with van der Waals surface area (Å²) in [6.07, 6.45) is 2.96. The van der Waals surface area contributed by atoms with E-state index in [-0.39, 0.29) is 6.04 Å². The van der Waals surface area contributed by atoms with Crippen LogP contribution in [0, 0.1) is 6.92 Å². The van der Waals surface area contributed by atoms with Crippen LogP contribution in [0.5, 0.6) is 0 Å². The average molecular weight is 270 g/mol. The molecule has 1 N–H and O–H groups in total. The molecule has 3 nitrogen and oxygen atoms in total. The molecule has 3 heteroatoms. The molecule has 3 rings (SSSR count). The third-order valence-corrected chi connectivity index (χ3v) is 4.04. The van der Waals surface area contributed by atoms with Crippen LogP contribution in [-0.4, -0.2) is 31.1 Å². The molecule has 0 radical (unpaired) electrons. The van der Waals surface area contributed by atoms with E-state index in [9.17, 15) is 0 Å². The Hall–Kier alpha value is -1.58. The van der Waals surface area contributed by atoms with Gasteiger partial charge in [0.2, 0.25) is 0 Å². The number of benzene rings is 1. The summed E-state index contributed by atoms with van der Waals surface area (Å²) >= 11 is 0. The topological polar surface area (TPSA) is 28.4 Å². The molecule has 1 atom stereocenters. The predicted octanol–water partition coefficient (Wildman–Crippen LogP) is 2.97. The van der Waals surface area contributed by atoms with Crippen LogP contribution in [0.3, 0.4) is 0 Å². The minimum Gasteiger partial charge on any atom is -0.467 e. The lowest BCUT2D eigenvalue weighted by atomic mass is 9.97. The SMILES string of the molecule is Cc1ccccc1C(c1ccco1)N1CCCNCC1. The van der Waals surface area contributed by atoms with Crippen LogP contribution in [0.1, 0.15) is 29.3 Å². The summed E-state index contributed by atoms with van der Waals surface area (Å²) in [5.41, 5.74) is 2.68. The van der Waals surface area contributed by atoms with Crippen molar-refractivity contribution in [3.8, 4) is 0 Å². The van der Waals surface area contributed by atoms with Gasteiger partial charge >= 0.3 is 0 Å². The van der Waals surface area contributed by atoms with Crippen LogP contribution in [0.2, 0.25) is 0 Å². The van der Waals surface area contributed by atoms with Gasteiger partial charge in [0.15, 0.2) is 0 Å². The second-order valence-electron chi connectivity index (χ2n) is 5.41. The van der Waals surface area contributed by atoms with Crippen molar-refractivity contribution in [2.45, 2.75) is 19.4 Å². The van der Waals surface area contributed by atoms with Crippen molar-refractivity contribution in [2.24, 2.45) is 0 Å². The van der Waals surface area contributed by atoms with Gasteiger partial charge in [-0.2, -0.15) is 0 Å². The molecule has 1 unspecified atom stereocenters. The summed E-state index contributed by atoms with van der Waals surface area (Å²) < 4.78 is 5.74. The highest BCUT2D eigenvalue weighted by atomic mass is 16.3. The van der Waals surface area contributed by atoms with E-state index < -0.39 is 0 Å². The van der Waals surface area contributed by atoms with Crippen LogP contribution in [0.4, 0.5) is 0 Å². The number of nitrogens with one attached hydrogen (secondary N) is 1. The number of hydrogen-bond acceptors (Lipinski definition) is 3. The summed E-state index contributed by atoms with van der Waals surface area (Å²) in [4.78, 5) is 2.53. The molecule has 1 aromatic heterocycles. The molecule has 1 saturated heterocycles. The van der Waals surface area contributed by atoms with Gasteiger partial charge < -0.3 is 9.73 Å². The Bertz CT molecular complexity index is 528. The number of hydrogen-bond donors (Lipinski definition) is 1. The quantitative estimate of drug-likeness (QED) is 0.929. The Balaban J connectivity index is 1.98. The molecule has 106 valence electrons. The Kier molecular flexibility index (Phi) is 4.19. The van der Waals surface area contributed by atoms with Crippen molar-refractivity contribution in [1.82, 2.24) is 10.2 Å². The first kappa shape index (κ1) is 13.4. The van der Waals surface area contributed by atoms with Crippen molar-refractivity contribution in [2.75, 3.05) is 26.2 Å². The zero-order chi connectivity index (χ0) is 13.8. The van der Waals surface area contributed by atoms with E-state index >= 15 is 0 Å². The largest absolute Gasteiger partial charge is 0.467 e. The lowest BCUT2D eigenvalue weighted by Crippen LogP contribution is -2.33. The zero-order valence-electron chi connectivity index (χ0n) is 12.0. The maximum Gasteiger partial charge on any atom is 0.125 e. The van der Waals surface area contributed by atoms with Gasteiger partial charge in [0.05, 0.1) is 12.3 Å². The van der Waals surface area contributed by atoms with Gasteiger partial charge in [-0.1, -0.05) is 24.3 Å². The van der Waals surface area contributed by atoms with Crippen LogP contribution < -0.4 is 5.32 Å². The lowest BCUT2D eigenvalue weighted by Gasteiger charge is -2.30. The summed E-state index contributed by atoms with van der Waals surface area (Å²) in [7, 11) is 0. The number of aryl methyl sites for hydroxylation is 1. The van der Waals surface area contributed by atoms with Crippen molar-refractivity contribution < 1.29 is 4.42 Å². The van der Waals surface area contributed by atoms with E-state index in [2.05, 4.69) is 47.5 Å². The molecule has 2 heterocycles. The van der Waals surface area contributed by atoms with E-state index in [1.807, 2.05) is 6.07 Å². The van der Waals surface area contributed by atoms with Gasteiger partial charge in [-0.25, -0.2) is 0 Å². The smallest absolute Gasteiger partial charge is 0.125 e. The summed E-state index contributed by atoms with van der Waals surface area (Å²) in [5.74, 6) is 1.04. The first-order valence-electron chi connectivity index (χ1n) is 7.40. The number of rotatable bonds is 3. The molecule has 0 saturated carbocycles. The van der Waals surface area contributed by atoms with Gasteiger partial charge in [0.1, 0.15) is 5.76 Å². The van der Waals surface area contributed by atoms with E-state index in [4.69, 9.17) is 4.42 Å². The Morgan fingerprint density at radius 1 is 1.10 bits per heavy atom. The predicted molar refractivity (Wildman–Crippen MR) is 80.8 cm³/mol. The number of furan rings is 1. The van der Waals surface area contributed by atoms with E-state index in [1.165, 1.54) is 17.5 Å². The standard InChI is InChI=1S/C17H22N2O/c1-14-6-2-3-7-15(14)17(16-8-4-13-20-16)19-11-5-9-18-10-12-19/h2-4,6-8,13,17-18H,5,9-12H2,1H3. The van der Waals surface area contributed by atoms with Crippen molar-refractivity contribution >= 4 is 0 Å². The molecule has 0 aliphatic carbocycles. The van der Waals surface area contributed by atoms with Crippen LogP contribution >= 0.6 is 0 Å². The van der Waals surface area contributed by atoms with Crippen molar-refractivity contribution in [3.63, 3.8) is 0 Å². The van der Waals surface area contributed by atoms with Crippen LogP contribution in [0.15, 0.2) is 47.1 Å². The molecule has 0 bridgehead atoms. The van der Waals surface area contributed by atoms with E-state index in [1.54, 1.807) is 6.26 Å². The summed E-state index contributed by atoms with van der Waals surface area (Å²) in [6.45, 7) is 6.49. The first-order valence-corrected chi connectivity index (χ1v) is 7.40. The monoisotopic (exact) mass is 270 g/mol. The normalized spacial score (nSPS) is 18.6. The Morgan fingerprint density at radius 3 is 2.80 bits per heavy atom. The van der Waals surface area contributed by atoms with Crippen LogP contribution in [0.25, 0.3) is 0 Å². The highest BCUT2D eigenvalue weighted by Crippen LogP contribution is 2.31. The van der Waals surface area contributed by atoms with Gasteiger partial charge in [-0.3, -0.25) is 4.90 Å². The molecular formula is C17H22N2O. The average Bonchev–Trinajstić information content (AvgIpc) is 2.85. The molecule has 1 fully saturated rings. The number of nitrogens with zero attached hydrogens (tertiary/aromatic N) is 1. The van der Waals surface area contributed by atoms with Gasteiger partial charge in [0.25, 0.3) is 0 Å². The molecule has 2 aromatic rings. The third kappa shape index (κ3) is 2.79. The first-order chi connectivity index (χ1) is 9.86. The molecule has 1 aliphatic rings. The highest BCUT2D eigenvalue weighted by molar-refractivity contribution is 5.33. The van der Waals surface area contributed by atoms with Crippen molar-refractivity contribution in [3.05, 3.63) is 59.5 Å². The molecule has 0 amide bonds. The fourth-order valence-corrected chi connectivity index (χ4v) is 3.00. The molecule has 1 aliphatic heterocycles. The maximum absolute atomic E-state index is 5.74. The highest BCUT2D eigenvalue weighted by Gasteiger charge is 2.26. The fourth-order valence-electron chi connectivity index (χ4n) is 3.00. The van der Waals surface area contributed by atoms with Crippen LogP contribution in [-0.2, 0) is 0 Å². The fraction of sp³-hybridized carbons (Fsp3) is 0.412. The molecule has 0 spiro atoms. The van der Waals surface area contributed by atoms with Gasteiger partial charge in [-0.05, 0) is 43.1 Å². The van der Waals surface area contributed by atoms with Gasteiger partial charge in [-0.15, -0.1) is 0 Å². The molecule has 1 aromatic carbocycles. The maximum atomic E-state index is 5.74. The second-order valence-corrected chi connectivity index (χ2v) is 5.41. The molecular weight excluding hydrogens is 248 g/mol. The molecule has 20 heavy (non-hydrogen) atoms.